The molecule has 5 aromatic rings. The van der Waals surface area contributed by atoms with Crippen LogP contribution < -0.4 is 20.7 Å². The lowest BCUT2D eigenvalue weighted by Crippen LogP contribution is -2.10. The first-order valence-electron chi connectivity index (χ1n) is 9.94. The minimum atomic E-state index is -0.648. The van der Waals surface area contributed by atoms with Crippen LogP contribution in [0.1, 0.15) is 4.88 Å². The van der Waals surface area contributed by atoms with E-state index in [1.165, 1.54) is 30.6 Å². The molecule has 2 aromatic carbocycles. The second-order valence-electron chi connectivity index (χ2n) is 7.19. The third-order valence-corrected chi connectivity index (χ3v) is 5.96. The highest BCUT2D eigenvalue weighted by Gasteiger charge is 2.16. The van der Waals surface area contributed by atoms with Crippen molar-refractivity contribution in [3.8, 4) is 22.6 Å². The van der Waals surface area contributed by atoms with Gasteiger partial charge in [0.15, 0.2) is 11.3 Å². The zero-order valence-electron chi connectivity index (χ0n) is 17.3. The minimum Gasteiger partial charge on any atom is -0.493 e. The average Bonchev–Trinajstić information content (AvgIpc) is 3.30. The topological polar surface area (TPSA) is 96.0 Å². The molecule has 0 N–H and O–H groups in total. The molecule has 0 fully saturated rings. The van der Waals surface area contributed by atoms with Crippen molar-refractivity contribution in [3.05, 3.63) is 91.8 Å². The van der Waals surface area contributed by atoms with E-state index in [1.807, 2.05) is 17.5 Å². The van der Waals surface area contributed by atoms with Crippen LogP contribution in [0.3, 0.4) is 0 Å². The largest absolute Gasteiger partial charge is 0.493 e. The zero-order chi connectivity index (χ0) is 22.9. The fourth-order valence-electron chi connectivity index (χ4n) is 3.62. The summed E-state index contributed by atoms with van der Waals surface area (Å²) >= 11 is 1.46. The van der Waals surface area contributed by atoms with Gasteiger partial charge < -0.3 is 18.3 Å². The van der Waals surface area contributed by atoms with Gasteiger partial charge in [-0.15, -0.1) is 11.3 Å². The lowest BCUT2D eigenvalue weighted by molar-refractivity contribution is -0.133. The number of para-hydroxylation sites is 1. The van der Waals surface area contributed by atoms with Gasteiger partial charge in [0.2, 0.25) is 0 Å². The molecule has 3 aromatic heterocycles. The molecule has 0 bridgehead atoms. The Labute approximate surface area is 190 Å². The summed E-state index contributed by atoms with van der Waals surface area (Å²) in [7, 11) is 1.49. The van der Waals surface area contributed by atoms with Gasteiger partial charge in [0.05, 0.1) is 19.1 Å². The Morgan fingerprint density at radius 2 is 1.85 bits per heavy atom. The molecule has 0 unspecified atom stereocenters. The molecule has 0 saturated carbocycles. The highest BCUT2D eigenvalue weighted by molar-refractivity contribution is 7.10. The Hall–Kier alpha value is -4.17. The summed E-state index contributed by atoms with van der Waals surface area (Å²) in [5, 5.41) is 3.03. The number of carbonyl (C=O) groups excluding carboxylic acids is 1. The summed E-state index contributed by atoms with van der Waals surface area (Å²) in [5.41, 5.74) is -0.202. The average molecular weight is 460 g/mol. The monoisotopic (exact) mass is 460 g/mol. The van der Waals surface area contributed by atoms with E-state index in [4.69, 9.17) is 18.3 Å². The van der Waals surface area contributed by atoms with E-state index in [-0.39, 0.29) is 23.3 Å². The molecule has 0 radical (unpaired) electrons. The van der Waals surface area contributed by atoms with E-state index in [9.17, 15) is 14.4 Å². The number of hydrogen-bond acceptors (Lipinski definition) is 8. The number of hydrogen-bond donors (Lipinski definition) is 0. The predicted molar refractivity (Wildman–Crippen MR) is 124 cm³/mol. The molecule has 0 atom stereocenters. The number of esters is 1. The molecule has 5 rings (SSSR count). The summed E-state index contributed by atoms with van der Waals surface area (Å²) in [5.74, 6) is 0.238. The Balaban J connectivity index is 1.57. The Bertz CT molecular complexity index is 1610. The van der Waals surface area contributed by atoms with Crippen molar-refractivity contribution in [3.63, 3.8) is 0 Å². The lowest BCUT2D eigenvalue weighted by atomic mass is 10.0. The molecule has 0 spiro atoms. The van der Waals surface area contributed by atoms with Crippen molar-refractivity contribution in [1.82, 2.24) is 0 Å². The summed E-state index contributed by atoms with van der Waals surface area (Å²) in [6.07, 6.45) is 0.140. The molecular weight excluding hydrogens is 444 g/mol. The number of ether oxygens (including phenoxy) is 2. The maximum Gasteiger partial charge on any atom is 0.344 e. The van der Waals surface area contributed by atoms with Gasteiger partial charge in [-0.25, -0.2) is 9.59 Å². The van der Waals surface area contributed by atoms with Gasteiger partial charge in [-0.05, 0) is 35.7 Å². The molecule has 0 amide bonds. The molecule has 0 aliphatic carbocycles. The van der Waals surface area contributed by atoms with Crippen molar-refractivity contribution in [2.45, 2.75) is 6.42 Å². The smallest absolute Gasteiger partial charge is 0.344 e. The summed E-state index contributed by atoms with van der Waals surface area (Å²) in [6, 6.07) is 16.5. The molecule has 8 heteroatoms. The predicted octanol–water partition coefficient (Wildman–Crippen LogP) is 4.78. The molecular formula is C25H16O7S. The summed E-state index contributed by atoms with van der Waals surface area (Å²) in [6.45, 7) is 0. The first-order chi connectivity index (χ1) is 16.0. The van der Waals surface area contributed by atoms with Crippen molar-refractivity contribution >= 4 is 39.2 Å². The fourth-order valence-corrected chi connectivity index (χ4v) is 4.31. The van der Waals surface area contributed by atoms with Gasteiger partial charge in [0, 0.05) is 33.3 Å². The minimum absolute atomic E-state index is 0.140. The van der Waals surface area contributed by atoms with E-state index in [0.29, 0.717) is 27.7 Å². The highest BCUT2D eigenvalue weighted by Crippen LogP contribution is 2.31. The van der Waals surface area contributed by atoms with Crippen LogP contribution in [0.15, 0.2) is 84.5 Å². The van der Waals surface area contributed by atoms with Gasteiger partial charge in [-0.1, -0.05) is 18.2 Å². The van der Waals surface area contributed by atoms with Crippen LogP contribution in [0.25, 0.3) is 33.1 Å². The van der Waals surface area contributed by atoms with Crippen LogP contribution in [0.5, 0.6) is 11.5 Å². The SMILES string of the molecule is COc1cccc2cc(-c3cc(=O)oc4cc(OC(=O)Cc5cccs5)ccc34)c(=O)oc12. The van der Waals surface area contributed by atoms with Crippen molar-refractivity contribution in [2.75, 3.05) is 7.11 Å². The highest BCUT2D eigenvalue weighted by atomic mass is 32.1. The second-order valence-corrected chi connectivity index (χ2v) is 8.23. The third-order valence-electron chi connectivity index (χ3n) is 5.08. The molecule has 3 heterocycles. The van der Waals surface area contributed by atoms with Crippen molar-refractivity contribution in [1.29, 1.82) is 0 Å². The number of fused-ring (bicyclic) bond motifs is 2. The molecule has 164 valence electrons. The van der Waals surface area contributed by atoms with E-state index in [1.54, 1.807) is 36.4 Å². The summed E-state index contributed by atoms with van der Waals surface area (Å²) in [4.78, 5) is 38.2. The van der Waals surface area contributed by atoms with Gasteiger partial charge in [-0.2, -0.15) is 0 Å². The summed E-state index contributed by atoms with van der Waals surface area (Å²) < 4.78 is 21.5. The van der Waals surface area contributed by atoms with Gasteiger partial charge in [0.1, 0.15) is 11.3 Å². The maximum absolute atomic E-state index is 12.8. The van der Waals surface area contributed by atoms with Gasteiger partial charge >= 0.3 is 17.2 Å². The standard InChI is InChI=1S/C25H16O7S/c1-29-20-6-2-4-14-10-19(25(28)32-24(14)20)18-13-23(27)31-21-11-15(7-8-17(18)21)30-22(26)12-16-5-3-9-33-16/h2-11,13H,12H2,1H3. The van der Waals surface area contributed by atoms with E-state index in [0.717, 1.165) is 4.88 Å². The second kappa shape index (κ2) is 8.40. The van der Waals surface area contributed by atoms with Crippen LogP contribution in [0.2, 0.25) is 0 Å². The molecule has 7 nitrogen and oxygen atoms in total. The fraction of sp³-hybridized carbons (Fsp3) is 0.0800. The van der Waals surface area contributed by atoms with E-state index < -0.39 is 17.2 Å². The van der Waals surface area contributed by atoms with E-state index in [2.05, 4.69) is 0 Å². The third kappa shape index (κ3) is 4.04. The zero-order valence-corrected chi connectivity index (χ0v) is 18.1. The first kappa shape index (κ1) is 20.7. The Morgan fingerprint density at radius 3 is 2.64 bits per heavy atom. The molecule has 0 aliphatic heterocycles. The normalized spacial score (nSPS) is 11.1. The van der Waals surface area contributed by atoms with Crippen LogP contribution in [-0.4, -0.2) is 13.1 Å². The van der Waals surface area contributed by atoms with Crippen LogP contribution in [0.4, 0.5) is 0 Å². The lowest BCUT2D eigenvalue weighted by Gasteiger charge is -2.09. The van der Waals surface area contributed by atoms with Crippen LogP contribution in [-0.2, 0) is 11.2 Å². The molecule has 33 heavy (non-hydrogen) atoms. The van der Waals surface area contributed by atoms with Crippen molar-refractivity contribution in [2.24, 2.45) is 0 Å². The first-order valence-corrected chi connectivity index (χ1v) is 10.8. The Kier molecular flexibility index (Phi) is 5.27. The molecule has 0 aliphatic rings. The maximum atomic E-state index is 12.8. The number of methoxy groups -OCH3 is 1. The quantitative estimate of drug-likeness (QED) is 0.211. The van der Waals surface area contributed by atoms with Crippen LogP contribution in [0, 0.1) is 0 Å². The number of thiophene rings is 1. The number of benzene rings is 2. The van der Waals surface area contributed by atoms with Crippen LogP contribution >= 0.6 is 11.3 Å². The van der Waals surface area contributed by atoms with Gasteiger partial charge in [-0.3, -0.25) is 4.79 Å². The van der Waals surface area contributed by atoms with Crippen molar-refractivity contribution < 1.29 is 23.1 Å². The number of rotatable bonds is 5. The van der Waals surface area contributed by atoms with Gasteiger partial charge in [0.25, 0.3) is 0 Å². The number of carbonyl (C=O) groups is 1. The van der Waals surface area contributed by atoms with E-state index >= 15 is 0 Å². The molecule has 0 saturated heterocycles. The Morgan fingerprint density at radius 1 is 0.970 bits per heavy atom.